The minimum absolute atomic E-state index is 0.0490. The van der Waals surface area contributed by atoms with Crippen molar-refractivity contribution in [3.8, 4) is 0 Å². The molecule has 10 aromatic carbocycles. The molecule has 4 nitrogen and oxygen atoms in total. The monoisotopic (exact) mass is 868 g/mol. The first-order valence-corrected chi connectivity index (χ1v) is 24.0. The SMILES string of the molecule is c1ccc(N2c3ccccc3B3c4cc5sc6cc7c(cc6c5cc4N(c4ccccc4)c4cccc2c43)N(c2ccccc2)c2cccc3c2B7c2ccccc2N3c2ccccc2)cc1. The molecular weight excluding hydrogens is 830 g/mol. The van der Waals surface area contributed by atoms with Crippen LogP contribution in [0.25, 0.3) is 20.2 Å². The molecule has 0 saturated heterocycles. The van der Waals surface area contributed by atoms with Crippen molar-refractivity contribution in [3.05, 3.63) is 231 Å². The first-order chi connectivity index (χ1) is 33.3. The fourth-order valence-electron chi connectivity index (χ4n) is 11.9. The second-order valence-electron chi connectivity index (χ2n) is 18.0. The van der Waals surface area contributed by atoms with Crippen molar-refractivity contribution in [2.75, 3.05) is 19.6 Å². The molecular formula is C60H38B2N4S. The molecule has 0 atom stereocenters. The van der Waals surface area contributed by atoms with Crippen LogP contribution < -0.4 is 52.4 Å². The zero-order chi connectivity index (χ0) is 43.7. The van der Waals surface area contributed by atoms with Crippen LogP contribution in [-0.2, 0) is 0 Å². The number of benzene rings is 10. The fraction of sp³-hybridized carbons (Fsp3) is 0. The molecule has 67 heavy (non-hydrogen) atoms. The molecule has 0 amide bonds. The van der Waals surface area contributed by atoms with Gasteiger partial charge in [-0.25, -0.2) is 0 Å². The molecule has 0 fully saturated rings. The Labute approximate surface area is 394 Å². The summed E-state index contributed by atoms with van der Waals surface area (Å²) in [6, 6.07) is 85.6. The Kier molecular flexibility index (Phi) is 7.80. The minimum atomic E-state index is 0.0490. The lowest BCUT2D eigenvalue weighted by atomic mass is 9.33. The zero-order valence-electron chi connectivity index (χ0n) is 36.3. The topological polar surface area (TPSA) is 13.0 Å². The normalized spacial score (nSPS) is 13.8. The summed E-state index contributed by atoms with van der Waals surface area (Å²) < 4.78 is 2.61. The summed E-state index contributed by atoms with van der Waals surface area (Å²) in [5, 5.41) is 2.56. The number of nitrogens with zero attached hydrogens (tertiary/aromatic N) is 4. The van der Waals surface area contributed by atoms with E-state index < -0.39 is 0 Å². The molecule has 0 N–H and O–H groups in total. The second kappa shape index (κ2) is 14.1. The largest absolute Gasteiger partial charge is 0.311 e. The lowest BCUT2D eigenvalue weighted by molar-refractivity contribution is 1.25. The summed E-state index contributed by atoms with van der Waals surface area (Å²) in [5.74, 6) is 0. The van der Waals surface area contributed by atoms with Crippen molar-refractivity contribution in [1.29, 1.82) is 0 Å². The van der Waals surface area contributed by atoms with E-state index in [1.807, 2.05) is 11.3 Å². The van der Waals surface area contributed by atoms with Crippen LogP contribution in [0, 0.1) is 0 Å². The Balaban J connectivity index is 0.999. The standard InChI is InChI=1S/C60H38B2N4S/c1-5-19-39(20-6-1)63-49-29-15-13-27-45(49)61-47-37-57-43(35-55(47)65(41-23-9-3-10-24-41)53-33-17-31-51(63)59(53)61)44-36-56-48(38-58(44)67-57)62-46-28-14-16-30-50(46)64(40-21-7-2-8-22-40)52-32-18-34-54(60(52)62)66(56)42-25-11-4-12-26-42/h1-38H. The van der Waals surface area contributed by atoms with Gasteiger partial charge in [-0.15, -0.1) is 11.3 Å². The third-order valence-corrected chi connectivity index (χ3v) is 15.7. The maximum absolute atomic E-state index is 2.54. The number of thiophene rings is 1. The highest BCUT2D eigenvalue weighted by Crippen LogP contribution is 2.49. The molecule has 310 valence electrons. The van der Waals surface area contributed by atoms with Gasteiger partial charge in [0.25, 0.3) is 13.4 Å². The highest BCUT2D eigenvalue weighted by molar-refractivity contribution is 7.26. The Hall–Kier alpha value is -8.25. The van der Waals surface area contributed by atoms with Gasteiger partial charge in [-0.1, -0.05) is 121 Å². The summed E-state index contributed by atoms with van der Waals surface area (Å²) in [4.78, 5) is 9.97. The molecule has 4 aliphatic rings. The van der Waals surface area contributed by atoms with E-state index >= 15 is 0 Å². The molecule has 0 unspecified atom stereocenters. The Morgan fingerprint density at radius 2 is 0.552 bits per heavy atom. The van der Waals surface area contributed by atoms with Gasteiger partial charge >= 0.3 is 0 Å². The smallest absolute Gasteiger partial charge is 0.252 e. The number of para-hydroxylation sites is 6. The number of fused-ring (bicyclic) bond motifs is 11. The third kappa shape index (κ3) is 5.20. The van der Waals surface area contributed by atoms with Crippen LogP contribution in [0.1, 0.15) is 0 Å². The summed E-state index contributed by atoms with van der Waals surface area (Å²) in [7, 11) is 0. The predicted octanol–water partition coefficient (Wildman–Crippen LogP) is 12.2. The molecule has 7 heteroatoms. The first kappa shape index (κ1) is 37.0. The lowest BCUT2D eigenvalue weighted by Gasteiger charge is -2.44. The van der Waals surface area contributed by atoms with Crippen molar-refractivity contribution in [2.24, 2.45) is 0 Å². The van der Waals surface area contributed by atoms with E-state index in [0.29, 0.717) is 0 Å². The number of hydrogen-bond acceptors (Lipinski definition) is 5. The number of anilines is 12. The second-order valence-corrected chi connectivity index (χ2v) is 19.1. The molecule has 4 aliphatic heterocycles. The zero-order valence-corrected chi connectivity index (χ0v) is 37.1. The third-order valence-electron chi connectivity index (χ3n) is 14.6. The van der Waals surface area contributed by atoms with E-state index in [2.05, 4.69) is 250 Å². The highest BCUT2D eigenvalue weighted by Gasteiger charge is 2.45. The summed E-state index contributed by atoms with van der Waals surface area (Å²) in [6.07, 6.45) is 0. The van der Waals surface area contributed by atoms with Crippen LogP contribution in [0.2, 0.25) is 0 Å². The van der Waals surface area contributed by atoms with Crippen molar-refractivity contribution < 1.29 is 0 Å². The molecule has 0 spiro atoms. The quantitative estimate of drug-likeness (QED) is 0.163. The molecule has 0 aliphatic carbocycles. The molecule has 0 bridgehead atoms. The van der Waals surface area contributed by atoms with E-state index in [-0.39, 0.29) is 13.4 Å². The van der Waals surface area contributed by atoms with Crippen LogP contribution >= 0.6 is 11.3 Å². The average Bonchev–Trinajstić information content (AvgIpc) is 3.74. The van der Waals surface area contributed by atoms with Gasteiger partial charge in [0.1, 0.15) is 0 Å². The molecule has 11 aromatic rings. The Bertz CT molecular complexity index is 3560. The maximum atomic E-state index is 2.54. The van der Waals surface area contributed by atoms with Gasteiger partial charge in [0, 0.05) is 88.4 Å². The average molecular weight is 869 g/mol. The van der Waals surface area contributed by atoms with E-state index in [0.717, 1.165) is 22.7 Å². The van der Waals surface area contributed by atoms with Gasteiger partial charge in [-0.2, -0.15) is 0 Å². The van der Waals surface area contributed by atoms with Crippen LogP contribution in [0.4, 0.5) is 68.2 Å². The van der Waals surface area contributed by atoms with E-state index in [4.69, 9.17) is 0 Å². The summed E-state index contributed by atoms with van der Waals surface area (Å²) in [6.45, 7) is 0.0980. The Morgan fingerprint density at radius 3 is 0.910 bits per heavy atom. The van der Waals surface area contributed by atoms with Crippen LogP contribution in [0.15, 0.2) is 231 Å². The van der Waals surface area contributed by atoms with Gasteiger partial charge in [-0.05, 0) is 142 Å². The van der Waals surface area contributed by atoms with Crippen LogP contribution in [0.3, 0.4) is 0 Å². The van der Waals surface area contributed by atoms with Gasteiger partial charge in [0.05, 0.1) is 0 Å². The van der Waals surface area contributed by atoms with Crippen LogP contribution in [-0.4, -0.2) is 13.4 Å². The van der Waals surface area contributed by atoms with Crippen molar-refractivity contribution in [3.63, 3.8) is 0 Å². The van der Waals surface area contributed by atoms with Crippen LogP contribution in [0.5, 0.6) is 0 Å². The molecule has 0 saturated carbocycles. The summed E-state index contributed by atoms with van der Waals surface area (Å²) in [5.41, 5.74) is 22.4. The van der Waals surface area contributed by atoms with E-state index in [1.54, 1.807) is 0 Å². The van der Waals surface area contributed by atoms with E-state index in [1.165, 1.54) is 98.4 Å². The number of hydrogen-bond donors (Lipinski definition) is 0. The molecule has 1 aromatic heterocycles. The van der Waals surface area contributed by atoms with Gasteiger partial charge in [0.2, 0.25) is 0 Å². The fourth-order valence-corrected chi connectivity index (χ4v) is 13.1. The Morgan fingerprint density at radius 1 is 0.254 bits per heavy atom. The first-order valence-electron chi connectivity index (χ1n) is 23.2. The molecule has 5 heterocycles. The molecule has 0 radical (unpaired) electrons. The highest BCUT2D eigenvalue weighted by atomic mass is 32.1. The lowest BCUT2D eigenvalue weighted by Crippen LogP contribution is -2.61. The minimum Gasteiger partial charge on any atom is -0.311 e. The van der Waals surface area contributed by atoms with Crippen molar-refractivity contribution in [2.45, 2.75) is 0 Å². The molecule has 15 rings (SSSR count). The predicted molar refractivity (Wildman–Crippen MR) is 287 cm³/mol. The van der Waals surface area contributed by atoms with Crippen molar-refractivity contribution in [1.82, 2.24) is 0 Å². The van der Waals surface area contributed by atoms with Gasteiger partial charge in [-0.3, -0.25) is 0 Å². The maximum Gasteiger partial charge on any atom is 0.252 e. The van der Waals surface area contributed by atoms with Gasteiger partial charge in [0.15, 0.2) is 0 Å². The van der Waals surface area contributed by atoms with E-state index in [9.17, 15) is 0 Å². The van der Waals surface area contributed by atoms with Crippen molar-refractivity contribution >= 4 is 146 Å². The van der Waals surface area contributed by atoms with Gasteiger partial charge < -0.3 is 19.6 Å². The number of rotatable bonds is 4. The summed E-state index contributed by atoms with van der Waals surface area (Å²) >= 11 is 1.93.